The van der Waals surface area contributed by atoms with Crippen LogP contribution >= 0.6 is 0 Å². The summed E-state index contributed by atoms with van der Waals surface area (Å²) in [6.45, 7) is 14.7. The fourth-order valence-corrected chi connectivity index (χ4v) is 12.5. The molecular formula is C31H47NO4. The number of rotatable bonds is 3. The number of carbonyl (C=O) groups is 1. The van der Waals surface area contributed by atoms with Gasteiger partial charge < -0.3 is 14.2 Å². The van der Waals surface area contributed by atoms with Crippen LogP contribution in [0.2, 0.25) is 0 Å². The lowest BCUT2D eigenvalue weighted by molar-refractivity contribution is -0.298. The average Bonchev–Trinajstić information content (AvgIpc) is 3.43. The van der Waals surface area contributed by atoms with E-state index in [2.05, 4.69) is 32.6 Å². The molecule has 36 heavy (non-hydrogen) atoms. The van der Waals surface area contributed by atoms with Gasteiger partial charge in [0.05, 0.1) is 23.7 Å². The van der Waals surface area contributed by atoms with Crippen LogP contribution in [0.25, 0.3) is 0 Å². The lowest BCUT2D eigenvalue weighted by Crippen LogP contribution is -2.80. The summed E-state index contributed by atoms with van der Waals surface area (Å²) in [4.78, 5) is 17.6. The smallest absolute Gasteiger partial charge is 0.172 e. The molecule has 3 spiro atoms. The molecule has 200 valence electrons. The second-order valence-corrected chi connectivity index (χ2v) is 15.6. The van der Waals surface area contributed by atoms with Crippen molar-refractivity contribution in [3.05, 3.63) is 0 Å². The summed E-state index contributed by atoms with van der Waals surface area (Å²) in [6.07, 6.45) is 11.4. The predicted molar refractivity (Wildman–Crippen MR) is 136 cm³/mol. The summed E-state index contributed by atoms with van der Waals surface area (Å²) in [7, 11) is 0. The topological polar surface area (TPSA) is 48.0 Å². The molecule has 6 heterocycles. The third kappa shape index (κ3) is 2.32. The second kappa shape index (κ2) is 6.80. The van der Waals surface area contributed by atoms with Gasteiger partial charge in [-0.15, -0.1) is 0 Å². The van der Waals surface area contributed by atoms with Crippen molar-refractivity contribution in [2.75, 3.05) is 19.7 Å². The van der Waals surface area contributed by atoms with Gasteiger partial charge in [-0.25, -0.2) is 0 Å². The van der Waals surface area contributed by atoms with Crippen molar-refractivity contribution < 1.29 is 19.0 Å². The van der Waals surface area contributed by atoms with Crippen molar-refractivity contribution in [3.63, 3.8) is 0 Å². The molecule has 0 radical (unpaired) electrons. The van der Waals surface area contributed by atoms with Crippen LogP contribution in [0.4, 0.5) is 0 Å². The zero-order chi connectivity index (χ0) is 24.9. The quantitative estimate of drug-likeness (QED) is 0.526. The first-order chi connectivity index (χ1) is 17.0. The van der Waals surface area contributed by atoms with Crippen LogP contribution in [0.15, 0.2) is 0 Å². The third-order valence-electron chi connectivity index (χ3n) is 14.1. The predicted octanol–water partition coefficient (Wildman–Crippen LogP) is 5.35. The Bertz CT molecular complexity index is 1010. The van der Waals surface area contributed by atoms with E-state index in [1.54, 1.807) is 0 Å². The monoisotopic (exact) mass is 497 g/mol. The van der Waals surface area contributed by atoms with Crippen LogP contribution in [-0.4, -0.2) is 60.0 Å². The van der Waals surface area contributed by atoms with Crippen LogP contribution in [0.5, 0.6) is 0 Å². The minimum atomic E-state index is -0.603. The molecule has 5 heteroatoms. The number of hydrogen-bond acceptors (Lipinski definition) is 5. The van der Waals surface area contributed by atoms with Crippen molar-refractivity contribution in [3.8, 4) is 0 Å². The molecule has 12 atom stereocenters. The van der Waals surface area contributed by atoms with E-state index in [1.807, 2.05) is 6.92 Å². The summed E-state index contributed by atoms with van der Waals surface area (Å²) in [5.74, 6) is 1.91. The molecule has 6 aliphatic heterocycles. The van der Waals surface area contributed by atoms with Gasteiger partial charge in [0.1, 0.15) is 6.10 Å². The van der Waals surface area contributed by atoms with E-state index in [0.29, 0.717) is 24.5 Å². The van der Waals surface area contributed by atoms with Crippen molar-refractivity contribution in [1.29, 1.82) is 0 Å². The van der Waals surface area contributed by atoms with E-state index < -0.39 is 11.2 Å². The van der Waals surface area contributed by atoms with Crippen molar-refractivity contribution in [1.82, 2.24) is 4.90 Å². The summed E-state index contributed by atoms with van der Waals surface area (Å²) in [5.41, 5.74) is -0.133. The average molecular weight is 498 g/mol. The van der Waals surface area contributed by atoms with Gasteiger partial charge in [-0.1, -0.05) is 20.8 Å². The first-order valence-electron chi connectivity index (χ1n) is 15.3. The van der Waals surface area contributed by atoms with E-state index in [9.17, 15) is 4.79 Å². The Morgan fingerprint density at radius 1 is 0.972 bits per heavy atom. The van der Waals surface area contributed by atoms with Crippen molar-refractivity contribution >= 4 is 5.78 Å². The van der Waals surface area contributed by atoms with E-state index >= 15 is 0 Å². The molecular weight excluding hydrogens is 450 g/mol. The summed E-state index contributed by atoms with van der Waals surface area (Å²) in [6, 6.07) is 0.566. The summed E-state index contributed by atoms with van der Waals surface area (Å²) < 4.78 is 20.1. The largest absolute Gasteiger partial charge is 0.363 e. The normalized spacial score (nSPS) is 62.4. The maximum absolute atomic E-state index is 14.6. The Balaban J connectivity index is 1.27. The molecule has 0 aromatic carbocycles. The molecule has 3 aliphatic carbocycles. The standard InChI is InChI=1S/C31H47NO4/c1-19(2)21-8-12-27(4)20-7-14-29-10-6-11-31(29)30(27,24(21)32(16-20)17-29)15-22(35-31)25(33)26(3)18-34-28(5)13-9-23(26)36-28/h19-24H,6-18H2,1-5H3/t20-,21-,22-,23+,24+,26-,27+,28-,29+,30+,31+/m1/s1. The van der Waals surface area contributed by atoms with Gasteiger partial charge in [0, 0.05) is 36.4 Å². The Morgan fingerprint density at radius 2 is 1.81 bits per heavy atom. The first-order valence-corrected chi connectivity index (χ1v) is 15.3. The molecule has 5 nitrogen and oxygen atoms in total. The molecule has 9 fully saturated rings. The second-order valence-electron chi connectivity index (χ2n) is 15.6. The van der Waals surface area contributed by atoms with Gasteiger partial charge in [0.15, 0.2) is 11.6 Å². The van der Waals surface area contributed by atoms with Gasteiger partial charge in [-0.05, 0) is 94.8 Å². The highest BCUT2D eigenvalue weighted by Gasteiger charge is 2.85. The lowest BCUT2D eigenvalue weighted by Gasteiger charge is -2.75. The lowest BCUT2D eigenvalue weighted by atomic mass is 9.37. The first kappa shape index (κ1) is 23.4. The van der Waals surface area contributed by atoms with Crippen LogP contribution in [-0.2, 0) is 19.0 Å². The molecule has 6 saturated heterocycles. The molecule has 0 aromatic heterocycles. The van der Waals surface area contributed by atoms with E-state index in [-0.39, 0.29) is 39.8 Å². The molecule has 8 bridgehead atoms. The van der Waals surface area contributed by atoms with Crippen LogP contribution in [0.3, 0.4) is 0 Å². The van der Waals surface area contributed by atoms with Crippen molar-refractivity contribution in [2.24, 2.45) is 39.4 Å². The van der Waals surface area contributed by atoms with Crippen LogP contribution < -0.4 is 0 Å². The number of carbonyl (C=O) groups excluding carboxylic acids is 1. The number of piperidine rings is 2. The minimum absolute atomic E-state index is 0.0414. The number of fused-ring (bicyclic) bond motifs is 3. The molecule has 0 N–H and O–H groups in total. The fraction of sp³-hybridized carbons (Fsp3) is 0.968. The Labute approximate surface area is 217 Å². The number of ketones is 1. The summed E-state index contributed by atoms with van der Waals surface area (Å²) >= 11 is 0. The summed E-state index contributed by atoms with van der Waals surface area (Å²) in [5, 5.41) is 0. The molecule has 3 saturated carbocycles. The van der Waals surface area contributed by atoms with E-state index in [1.165, 1.54) is 58.0 Å². The van der Waals surface area contributed by atoms with Gasteiger partial charge in [0.25, 0.3) is 0 Å². The molecule has 9 rings (SSSR count). The highest BCUT2D eigenvalue weighted by atomic mass is 16.7. The number of Topliss-reactive ketones (excluding diaryl/α,β-unsaturated/α-hetero) is 1. The maximum Gasteiger partial charge on any atom is 0.172 e. The van der Waals surface area contributed by atoms with Crippen LogP contribution in [0.1, 0.15) is 98.8 Å². The number of ether oxygens (including phenoxy) is 3. The Kier molecular flexibility index (Phi) is 4.42. The third-order valence-corrected chi connectivity index (χ3v) is 14.1. The fourth-order valence-electron chi connectivity index (χ4n) is 12.5. The highest BCUT2D eigenvalue weighted by molar-refractivity contribution is 5.90. The van der Waals surface area contributed by atoms with E-state index in [4.69, 9.17) is 14.2 Å². The zero-order valence-corrected chi connectivity index (χ0v) is 23.2. The number of nitrogens with zero attached hydrogens (tertiary/aromatic N) is 1. The zero-order valence-electron chi connectivity index (χ0n) is 23.2. The Hall–Kier alpha value is -0.490. The van der Waals surface area contributed by atoms with Gasteiger partial charge in [-0.2, -0.15) is 0 Å². The molecule has 1 unspecified atom stereocenters. The molecule has 0 aromatic rings. The van der Waals surface area contributed by atoms with Gasteiger partial charge >= 0.3 is 0 Å². The van der Waals surface area contributed by atoms with Crippen LogP contribution in [0, 0.1) is 39.4 Å². The van der Waals surface area contributed by atoms with Gasteiger partial charge in [-0.3, -0.25) is 9.69 Å². The van der Waals surface area contributed by atoms with Gasteiger partial charge in [0.2, 0.25) is 0 Å². The molecule has 0 amide bonds. The SMILES string of the molecule is CC(C)[C@H]1CC[C@@]2(C)[C@@H]3CC[C@]45CCC[C@]46O[C@@H](C(=O)[C@]4(C)CO[C@@]7(C)CC[C@@H]4O7)C[C@@]62[C@H]1N(C3)C5. The van der Waals surface area contributed by atoms with E-state index in [0.717, 1.165) is 25.2 Å². The maximum atomic E-state index is 14.6. The molecule has 9 aliphatic rings. The minimum Gasteiger partial charge on any atom is -0.363 e. The highest BCUT2D eigenvalue weighted by Crippen LogP contribution is 2.82. The Morgan fingerprint density at radius 3 is 2.61 bits per heavy atom. The number of hydrogen-bond donors (Lipinski definition) is 0. The van der Waals surface area contributed by atoms with Crippen molar-refractivity contribution in [2.45, 2.75) is 128 Å².